The molecule has 1 amide bonds. The second-order valence-electron chi connectivity index (χ2n) is 5.25. The highest BCUT2D eigenvalue weighted by molar-refractivity contribution is 8.00. The Morgan fingerprint density at radius 1 is 1.56 bits per heavy atom. The van der Waals surface area contributed by atoms with E-state index < -0.39 is 0 Å². The monoisotopic (exact) mass is 267 g/mol. The van der Waals surface area contributed by atoms with E-state index >= 15 is 0 Å². The molecule has 1 aliphatic carbocycles. The minimum absolute atomic E-state index is 0.0938. The zero-order chi connectivity index (χ0) is 13.1. The molecule has 1 aromatic rings. The van der Waals surface area contributed by atoms with Crippen LogP contribution in [0, 0.1) is 5.92 Å². The van der Waals surface area contributed by atoms with Gasteiger partial charge >= 0.3 is 0 Å². The summed E-state index contributed by atoms with van der Waals surface area (Å²) in [6, 6.07) is 0.612. The molecule has 5 heteroatoms. The molecule has 1 atom stereocenters. The fourth-order valence-corrected chi connectivity index (χ4v) is 2.64. The van der Waals surface area contributed by atoms with Crippen LogP contribution in [0.4, 0.5) is 0 Å². The average molecular weight is 267 g/mol. The van der Waals surface area contributed by atoms with Gasteiger partial charge in [-0.25, -0.2) is 4.98 Å². The quantitative estimate of drug-likeness (QED) is 0.805. The predicted octanol–water partition coefficient (Wildman–Crippen LogP) is 2.47. The second kappa shape index (κ2) is 5.78. The van der Waals surface area contributed by atoms with Crippen molar-refractivity contribution >= 4 is 17.7 Å². The molecule has 4 nitrogen and oxygen atoms in total. The number of carbonyl (C=O) groups excluding carboxylic acids is 1. The van der Waals surface area contributed by atoms with Gasteiger partial charge in [0.25, 0.3) is 0 Å². The predicted molar refractivity (Wildman–Crippen MR) is 73.7 cm³/mol. The first kappa shape index (κ1) is 13.5. The molecule has 0 bridgehead atoms. The minimum Gasteiger partial charge on any atom is -0.355 e. The van der Waals surface area contributed by atoms with E-state index in [0.29, 0.717) is 12.0 Å². The molecule has 1 fully saturated rings. The van der Waals surface area contributed by atoms with Crippen molar-refractivity contribution in [2.75, 3.05) is 6.54 Å². The number of thioether (sulfide) groups is 1. The van der Waals surface area contributed by atoms with Crippen molar-refractivity contribution in [3.63, 3.8) is 0 Å². The Kier molecular flexibility index (Phi) is 4.32. The minimum atomic E-state index is -0.0938. The molecule has 1 N–H and O–H groups in total. The van der Waals surface area contributed by atoms with Crippen LogP contribution in [0.1, 0.15) is 39.7 Å². The van der Waals surface area contributed by atoms with Gasteiger partial charge in [0.15, 0.2) is 5.16 Å². The summed E-state index contributed by atoms with van der Waals surface area (Å²) in [7, 11) is 0. The van der Waals surface area contributed by atoms with Crippen LogP contribution in [0.15, 0.2) is 17.6 Å². The Balaban J connectivity index is 1.87. The molecule has 0 saturated heterocycles. The molecule has 0 radical (unpaired) electrons. The number of nitrogens with one attached hydrogen (secondary N) is 1. The van der Waals surface area contributed by atoms with Gasteiger partial charge in [0, 0.05) is 25.0 Å². The lowest BCUT2D eigenvalue weighted by Gasteiger charge is -2.13. The number of amides is 1. The zero-order valence-corrected chi connectivity index (χ0v) is 12.0. The standard InChI is InChI=1S/C13H21N3OS/c1-9(2)8-15-12(17)10(3)18-13-14-6-7-16(13)11-4-5-11/h6-7,9-11H,4-5,8H2,1-3H3,(H,15,17). The molecule has 0 spiro atoms. The van der Waals surface area contributed by atoms with Crippen LogP contribution in [0.3, 0.4) is 0 Å². The van der Waals surface area contributed by atoms with Crippen LogP contribution < -0.4 is 5.32 Å². The van der Waals surface area contributed by atoms with Gasteiger partial charge < -0.3 is 9.88 Å². The Morgan fingerprint density at radius 3 is 2.89 bits per heavy atom. The van der Waals surface area contributed by atoms with E-state index in [1.54, 1.807) is 11.8 Å². The second-order valence-corrected chi connectivity index (χ2v) is 6.56. The van der Waals surface area contributed by atoms with Crippen LogP contribution >= 0.6 is 11.8 Å². The third kappa shape index (κ3) is 3.51. The lowest BCUT2D eigenvalue weighted by atomic mass is 10.2. The van der Waals surface area contributed by atoms with Gasteiger partial charge in [-0.2, -0.15) is 0 Å². The van der Waals surface area contributed by atoms with Crippen LogP contribution in [-0.2, 0) is 4.79 Å². The molecular formula is C13H21N3OS. The summed E-state index contributed by atoms with van der Waals surface area (Å²) < 4.78 is 2.19. The van der Waals surface area contributed by atoms with Crippen LogP contribution in [-0.4, -0.2) is 27.3 Å². The summed E-state index contributed by atoms with van der Waals surface area (Å²) in [6.07, 6.45) is 6.30. The zero-order valence-electron chi connectivity index (χ0n) is 11.2. The molecule has 100 valence electrons. The molecule has 1 aliphatic rings. The Bertz CT molecular complexity index is 412. The highest BCUT2D eigenvalue weighted by Crippen LogP contribution is 2.38. The Hall–Kier alpha value is -0.970. The van der Waals surface area contributed by atoms with E-state index in [9.17, 15) is 4.79 Å². The van der Waals surface area contributed by atoms with Crippen LogP contribution in [0.5, 0.6) is 0 Å². The maximum Gasteiger partial charge on any atom is 0.233 e. The first-order valence-corrected chi connectivity index (χ1v) is 7.43. The summed E-state index contributed by atoms with van der Waals surface area (Å²) in [5.74, 6) is 0.582. The van der Waals surface area contributed by atoms with Crippen molar-refractivity contribution in [1.82, 2.24) is 14.9 Å². The van der Waals surface area contributed by atoms with Crippen molar-refractivity contribution in [2.24, 2.45) is 5.92 Å². The van der Waals surface area contributed by atoms with Crippen LogP contribution in [0.25, 0.3) is 0 Å². The molecule has 1 heterocycles. The summed E-state index contributed by atoms with van der Waals surface area (Å²) in [5.41, 5.74) is 0. The highest BCUT2D eigenvalue weighted by Gasteiger charge is 2.27. The largest absolute Gasteiger partial charge is 0.355 e. The van der Waals surface area contributed by atoms with E-state index in [-0.39, 0.29) is 11.2 Å². The summed E-state index contributed by atoms with van der Waals surface area (Å²) in [6.45, 7) is 6.86. The fourth-order valence-electron chi connectivity index (χ4n) is 1.68. The van der Waals surface area contributed by atoms with E-state index in [0.717, 1.165) is 11.7 Å². The van der Waals surface area contributed by atoms with Crippen molar-refractivity contribution in [2.45, 2.75) is 50.1 Å². The van der Waals surface area contributed by atoms with Gasteiger partial charge in [-0.15, -0.1) is 0 Å². The molecule has 1 aromatic heterocycles. The van der Waals surface area contributed by atoms with Gasteiger partial charge in [-0.05, 0) is 25.7 Å². The topological polar surface area (TPSA) is 46.9 Å². The average Bonchev–Trinajstić information content (AvgIpc) is 3.07. The normalized spacial score (nSPS) is 16.9. The third-order valence-corrected chi connectivity index (χ3v) is 4.00. The third-order valence-electron chi connectivity index (χ3n) is 2.91. The summed E-state index contributed by atoms with van der Waals surface area (Å²) in [4.78, 5) is 16.2. The SMILES string of the molecule is CC(C)CNC(=O)C(C)Sc1nccn1C1CC1. The fraction of sp³-hybridized carbons (Fsp3) is 0.692. The first-order valence-electron chi connectivity index (χ1n) is 6.55. The van der Waals surface area contributed by atoms with E-state index in [2.05, 4.69) is 28.7 Å². The lowest BCUT2D eigenvalue weighted by Crippen LogP contribution is -2.33. The molecule has 1 unspecified atom stereocenters. The molecule has 2 rings (SSSR count). The smallest absolute Gasteiger partial charge is 0.233 e. The van der Waals surface area contributed by atoms with Gasteiger partial charge in [-0.1, -0.05) is 25.6 Å². The van der Waals surface area contributed by atoms with Crippen molar-refractivity contribution in [1.29, 1.82) is 0 Å². The molecule has 0 aliphatic heterocycles. The maximum atomic E-state index is 11.9. The van der Waals surface area contributed by atoms with Gasteiger partial charge in [-0.3, -0.25) is 4.79 Å². The molecule has 18 heavy (non-hydrogen) atoms. The number of aromatic nitrogens is 2. The van der Waals surface area contributed by atoms with E-state index in [4.69, 9.17) is 0 Å². The summed E-state index contributed by atoms with van der Waals surface area (Å²) in [5, 5.41) is 3.83. The number of hydrogen-bond acceptors (Lipinski definition) is 3. The van der Waals surface area contributed by atoms with Crippen LogP contribution in [0.2, 0.25) is 0 Å². The van der Waals surface area contributed by atoms with Gasteiger partial charge in [0.2, 0.25) is 5.91 Å². The number of hydrogen-bond donors (Lipinski definition) is 1. The highest BCUT2D eigenvalue weighted by atomic mass is 32.2. The number of carbonyl (C=O) groups is 1. The lowest BCUT2D eigenvalue weighted by molar-refractivity contribution is -0.120. The Labute approximate surface area is 113 Å². The summed E-state index contributed by atoms with van der Waals surface area (Å²) >= 11 is 1.54. The molecule has 0 aromatic carbocycles. The van der Waals surface area contributed by atoms with Gasteiger partial charge in [0.1, 0.15) is 0 Å². The van der Waals surface area contributed by atoms with Crippen molar-refractivity contribution < 1.29 is 4.79 Å². The molecule has 1 saturated carbocycles. The maximum absolute atomic E-state index is 11.9. The Morgan fingerprint density at radius 2 is 2.28 bits per heavy atom. The van der Waals surface area contributed by atoms with Gasteiger partial charge in [0.05, 0.1) is 5.25 Å². The van der Waals surface area contributed by atoms with Crippen molar-refractivity contribution in [3.8, 4) is 0 Å². The van der Waals surface area contributed by atoms with E-state index in [1.165, 1.54) is 12.8 Å². The number of rotatable bonds is 6. The number of nitrogens with zero attached hydrogens (tertiary/aromatic N) is 2. The first-order chi connectivity index (χ1) is 8.58. The number of imidazole rings is 1. The molecular weight excluding hydrogens is 246 g/mol. The van der Waals surface area contributed by atoms with E-state index in [1.807, 2.05) is 19.3 Å². The van der Waals surface area contributed by atoms with Crippen molar-refractivity contribution in [3.05, 3.63) is 12.4 Å².